The van der Waals surface area contributed by atoms with Crippen LogP contribution in [0.15, 0.2) is 24.3 Å². The first-order valence-electron chi connectivity index (χ1n) is 8.91. The summed E-state index contributed by atoms with van der Waals surface area (Å²) in [5.41, 5.74) is 0.804. The quantitative estimate of drug-likeness (QED) is 0.714. The largest absolute Gasteiger partial charge is 0.508 e. The first kappa shape index (κ1) is 18.7. The number of likely N-dealkylation sites (tertiary alicyclic amines) is 1. The van der Waals surface area contributed by atoms with Crippen LogP contribution in [0.25, 0.3) is 0 Å². The molecule has 5 heteroatoms. The van der Waals surface area contributed by atoms with Crippen molar-refractivity contribution in [1.29, 1.82) is 0 Å². The van der Waals surface area contributed by atoms with Gasteiger partial charge in [-0.15, -0.1) is 0 Å². The summed E-state index contributed by atoms with van der Waals surface area (Å²) in [7, 11) is 0. The molecule has 1 saturated heterocycles. The van der Waals surface area contributed by atoms with Crippen molar-refractivity contribution in [2.45, 2.75) is 45.7 Å². The van der Waals surface area contributed by atoms with Crippen LogP contribution >= 0.6 is 0 Å². The number of aliphatic hydroxyl groups excluding tert-OH is 1. The average Bonchev–Trinajstić information content (AvgIpc) is 2.59. The molecule has 1 aliphatic rings. The van der Waals surface area contributed by atoms with Gasteiger partial charge in [0.05, 0.1) is 6.04 Å². The van der Waals surface area contributed by atoms with Crippen molar-refractivity contribution in [1.82, 2.24) is 10.2 Å². The summed E-state index contributed by atoms with van der Waals surface area (Å²) >= 11 is 0. The third kappa shape index (κ3) is 5.21. The molecule has 0 spiro atoms. The lowest BCUT2D eigenvalue weighted by atomic mass is 9.96. The molecule has 5 nitrogen and oxygen atoms in total. The van der Waals surface area contributed by atoms with Crippen LogP contribution in [0.1, 0.15) is 38.7 Å². The van der Waals surface area contributed by atoms with Gasteiger partial charge in [0.25, 0.3) is 0 Å². The van der Waals surface area contributed by atoms with Crippen LogP contribution in [-0.4, -0.2) is 46.8 Å². The summed E-state index contributed by atoms with van der Waals surface area (Å²) in [6, 6.07) is 6.97. The van der Waals surface area contributed by atoms with E-state index in [4.69, 9.17) is 0 Å². The summed E-state index contributed by atoms with van der Waals surface area (Å²) in [6.45, 7) is 6.35. The Morgan fingerprint density at radius 1 is 1.29 bits per heavy atom. The Morgan fingerprint density at radius 3 is 2.54 bits per heavy atom. The smallest absolute Gasteiger partial charge is 0.239 e. The number of nitrogens with one attached hydrogen (secondary N) is 1. The minimum absolute atomic E-state index is 0.135. The first-order valence-corrected chi connectivity index (χ1v) is 8.91. The first-order chi connectivity index (χ1) is 11.5. The molecule has 1 fully saturated rings. The van der Waals surface area contributed by atoms with E-state index < -0.39 is 0 Å². The maximum atomic E-state index is 12.9. The van der Waals surface area contributed by atoms with Crippen molar-refractivity contribution in [3.63, 3.8) is 0 Å². The standard InChI is InChI=1S/C19H30N2O3/c1-14(2)11-17(20-12-16-5-3-4-6-18(16)23)19(24)21-9-7-15(13-22)8-10-21/h3-6,14-15,17,20,22-23H,7-13H2,1-2H3. The highest BCUT2D eigenvalue weighted by Crippen LogP contribution is 2.20. The van der Waals surface area contributed by atoms with E-state index in [-0.39, 0.29) is 24.3 Å². The van der Waals surface area contributed by atoms with E-state index in [2.05, 4.69) is 19.2 Å². The van der Waals surface area contributed by atoms with Crippen LogP contribution in [0.2, 0.25) is 0 Å². The Bertz CT molecular complexity index is 525. The van der Waals surface area contributed by atoms with Gasteiger partial charge in [-0.25, -0.2) is 0 Å². The number of benzene rings is 1. The molecule has 0 aliphatic carbocycles. The molecule has 0 bridgehead atoms. The fraction of sp³-hybridized carbons (Fsp3) is 0.632. The van der Waals surface area contributed by atoms with Crippen molar-refractivity contribution in [2.24, 2.45) is 11.8 Å². The van der Waals surface area contributed by atoms with Gasteiger partial charge < -0.3 is 20.4 Å². The molecule has 3 N–H and O–H groups in total. The van der Waals surface area contributed by atoms with Gasteiger partial charge in [0.2, 0.25) is 5.91 Å². The molecular weight excluding hydrogens is 304 g/mol. The van der Waals surface area contributed by atoms with Crippen LogP contribution in [0.4, 0.5) is 0 Å². The highest BCUT2D eigenvalue weighted by molar-refractivity contribution is 5.82. The van der Waals surface area contributed by atoms with Gasteiger partial charge in [-0.1, -0.05) is 32.0 Å². The molecule has 0 aromatic heterocycles. The predicted octanol–water partition coefficient (Wildman–Crippen LogP) is 2.13. The Balaban J connectivity index is 1.97. The average molecular weight is 334 g/mol. The maximum absolute atomic E-state index is 12.9. The van der Waals surface area contributed by atoms with Gasteiger partial charge in [-0.3, -0.25) is 4.79 Å². The number of piperidine rings is 1. The van der Waals surface area contributed by atoms with Crippen LogP contribution in [-0.2, 0) is 11.3 Å². The molecule has 1 aliphatic heterocycles. The Labute approximate surface area is 144 Å². The minimum atomic E-state index is -0.240. The number of rotatable bonds is 7. The second-order valence-electron chi connectivity index (χ2n) is 7.14. The monoisotopic (exact) mass is 334 g/mol. The number of aromatic hydroxyl groups is 1. The molecule has 1 heterocycles. The van der Waals surface area contributed by atoms with E-state index in [0.717, 1.165) is 37.9 Å². The highest BCUT2D eigenvalue weighted by Gasteiger charge is 2.28. The molecule has 1 aromatic rings. The number of nitrogens with zero attached hydrogens (tertiary/aromatic N) is 1. The van der Waals surface area contributed by atoms with E-state index in [9.17, 15) is 15.0 Å². The Morgan fingerprint density at radius 2 is 1.96 bits per heavy atom. The van der Waals surface area contributed by atoms with Crippen molar-refractivity contribution in [3.05, 3.63) is 29.8 Å². The van der Waals surface area contributed by atoms with Crippen LogP contribution in [0.3, 0.4) is 0 Å². The van der Waals surface area contributed by atoms with Gasteiger partial charge in [0.15, 0.2) is 0 Å². The summed E-state index contributed by atoms with van der Waals surface area (Å²) in [5, 5.41) is 22.5. The molecule has 1 aromatic carbocycles. The van der Waals surface area contributed by atoms with Crippen LogP contribution in [0.5, 0.6) is 5.75 Å². The fourth-order valence-corrected chi connectivity index (χ4v) is 3.19. The molecule has 134 valence electrons. The number of amides is 1. The van der Waals surface area contributed by atoms with E-state index in [1.165, 1.54) is 0 Å². The lowest BCUT2D eigenvalue weighted by molar-refractivity contribution is -0.135. The molecule has 1 unspecified atom stereocenters. The minimum Gasteiger partial charge on any atom is -0.508 e. The van der Waals surface area contributed by atoms with Crippen molar-refractivity contribution in [2.75, 3.05) is 19.7 Å². The van der Waals surface area contributed by atoms with Crippen molar-refractivity contribution in [3.8, 4) is 5.75 Å². The molecule has 0 radical (unpaired) electrons. The van der Waals surface area contributed by atoms with Crippen molar-refractivity contribution < 1.29 is 15.0 Å². The summed E-state index contributed by atoms with van der Waals surface area (Å²) < 4.78 is 0. The molecular formula is C19H30N2O3. The number of hydrogen-bond donors (Lipinski definition) is 3. The zero-order chi connectivity index (χ0) is 17.5. The SMILES string of the molecule is CC(C)CC(NCc1ccccc1O)C(=O)N1CCC(CO)CC1. The summed E-state index contributed by atoms with van der Waals surface area (Å²) in [5.74, 6) is 1.12. The van der Waals surface area contributed by atoms with Crippen LogP contribution in [0, 0.1) is 11.8 Å². The van der Waals surface area contributed by atoms with E-state index in [0.29, 0.717) is 18.4 Å². The van der Waals surface area contributed by atoms with Gasteiger partial charge >= 0.3 is 0 Å². The highest BCUT2D eigenvalue weighted by atomic mass is 16.3. The van der Waals surface area contributed by atoms with E-state index in [1.54, 1.807) is 12.1 Å². The maximum Gasteiger partial charge on any atom is 0.239 e. The topological polar surface area (TPSA) is 72.8 Å². The third-order valence-corrected chi connectivity index (χ3v) is 4.72. The lowest BCUT2D eigenvalue weighted by Crippen LogP contribution is -2.49. The number of phenolic OH excluding ortho intramolecular Hbond substituents is 1. The van der Waals surface area contributed by atoms with Gasteiger partial charge in [-0.05, 0) is 37.2 Å². The summed E-state index contributed by atoms with van der Waals surface area (Å²) in [6.07, 6.45) is 2.51. The van der Waals surface area contributed by atoms with E-state index in [1.807, 2.05) is 17.0 Å². The third-order valence-electron chi connectivity index (χ3n) is 4.72. The molecule has 0 saturated carbocycles. The van der Waals surface area contributed by atoms with E-state index >= 15 is 0 Å². The number of carbonyl (C=O) groups excluding carboxylic acids is 1. The fourth-order valence-electron chi connectivity index (χ4n) is 3.19. The van der Waals surface area contributed by atoms with Gasteiger partial charge in [0.1, 0.15) is 5.75 Å². The van der Waals surface area contributed by atoms with Crippen LogP contribution < -0.4 is 5.32 Å². The number of hydrogen-bond acceptors (Lipinski definition) is 4. The number of para-hydroxylation sites is 1. The number of carbonyl (C=O) groups is 1. The number of phenols is 1. The second kappa shape index (κ2) is 9.04. The zero-order valence-corrected chi connectivity index (χ0v) is 14.7. The normalized spacial score (nSPS) is 17.2. The Kier molecular flexibility index (Phi) is 7.06. The zero-order valence-electron chi connectivity index (χ0n) is 14.7. The van der Waals surface area contributed by atoms with Gasteiger partial charge in [-0.2, -0.15) is 0 Å². The van der Waals surface area contributed by atoms with Gasteiger partial charge in [0, 0.05) is 31.8 Å². The van der Waals surface area contributed by atoms with Crippen molar-refractivity contribution >= 4 is 5.91 Å². The molecule has 1 amide bonds. The molecule has 2 rings (SSSR count). The molecule has 1 atom stereocenters. The second-order valence-corrected chi connectivity index (χ2v) is 7.14. The predicted molar refractivity (Wildman–Crippen MR) is 94.6 cm³/mol. The number of aliphatic hydroxyl groups is 1. The lowest BCUT2D eigenvalue weighted by Gasteiger charge is -2.34. The summed E-state index contributed by atoms with van der Waals surface area (Å²) in [4.78, 5) is 14.8. The molecule has 24 heavy (non-hydrogen) atoms. The Hall–Kier alpha value is -1.59.